The molecule has 8 nitrogen and oxygen atoms in total. The molecule has 0 amide bonds. The van der Waals surface area contributed by atoms with Gasteiger partial charge in [-0.05, 0) is 48.2 Å². The minimum absolute atomic E-state index is 0.000629. The highest BCUT2D eigenvalue weighted by atomic mass is 35.5. The number of halogens is 2. The topological polar surface area (TPSA) is 103 Å². The lowest BCUT2D eigenvalue weighted by Gasteiger charge is -2.27. The molecule has 4 aromatic rings. The number of rotatable bonds is 6. The lowest BCUT2D eigenvalue weighted by molar-refractivity contribution is 0.0968. The zero-order valence-electron chi connectivity index (χ0n) is 19.8. The van der Waals surface area contributed by atoms with Crippen molar-refractivity contribution < 1.29 is 14.3 Å². The van der Waals surface area contributed by atoms with Crippen LogP contribution in [0.2, 0.25) is 5.02 Å². The van der Waals surface area contributed by atoms with Gasteiger partial charge in [-0.3, -0.25) is 9.78 Å². The summed E-state index contributed by atoms with van der Waals surface area (Å²) in [6, 6.07) is 8.18. The number of carbonyl (C=O) groups excluding carboxylic acids is 1. The van der Waals surface area contributed by atoms with E-state index in [1.165, 1.54) is 12.1 Å². The van der Waals surface area contributed by atoms with E-state index in [9.17, 15) is 14.3 Å². The number of pyridine rings is 1. The number of fused-ring (bicyclic) bond motifs is 1. The van der Waals surface area contributed by atoms with Gasteiger partial charge in [0.15, 0.2) is 17.3 Å². The maximum absolute atomic E-state index is 14.2. The molecule has 1 saturated heterocycles. The Balaban J connectivity index is 1.42. The summed E-state index contributed by atoms with van der Waals surface area (Å²) < 4.78 is 14.2. The number of anilines is 3. The number of aromatic hydroxyl groups is 1. The quantitative estimate of drug-likeness (QED) is 0.309. The van der Waals surface area contributed by atoms with Crippen LogP contribution in [0.4, 0.5) is 21.7 Å². The van der Waals surface area contributed by atoms with Crippen molar-refractivity contribution in [2.45, 2.75) is 12.8 Å². The van der Waals surface area contributed by atoms with Gasteiger partial charge in [0.1, 0.15) is 0 Å². The van der Waals surface area contributed by atoms with Gasteiger partial charge in [0.2, 0.25) is 5.95 Å². The molecule has 2 aromatic carbocycles. The van der Waals surface area contributed by atoms with E-state index >= 15 is 0 Å². The van der Waals surface area contributed by atoms with Crippen molar-refractivity contribution in [1.82, 2.24) is 20.3 Å². The SMILES string of the molecule is O=C(c1cnc2ccc(-c3cc(F)c(O)c(Cl)c3)cc2c1Nc1cnc(N2CCNCC2)nc1)C1CC1. The van der Waals surface area contributed by atoms with E-state index in [0.717, 1.165) is 39.0 Å². The predicted octanol–water partition coefficient (Wildman–Crippen LogP) is 4.94. The number of aromatic nitrogens is 3. The van der Waals surface area contributed by atoms with Gasteiger partial charge in [0.05, 0.1) is 39.9 Å². The molecule has 1 aliphatic heterocycles. The van der Waals surface area contributed by atoms with E-state index in [1.807, 2.05) is 12.1 Å². The molecule has 0 radical (unpaired) electrons. The van der Waals surface area contributed by atoms with Crippen LogP contribution in [0.5, 0.6) is 5.75 Å². The summed E-state index contributed by atoms with van der Waals surface area (Å²) in [6.07, 6.45) is 6.76. The van der Waals surface area contributed by atoms with E-state index in [2.05, 4.69) is 30.5 Å². The Bertz CT molecular complexity index is 1480. The molecule has 0 bridgehead atoms. The highest BCUT2D eigenvalue weighted by Crippen LogP contribution is 2.39. The third kappa shape index (κ3) is 4.68. The van der Waals surface area contributed by atoms with Gasteiger partial charge >= 0.3 is 0 Å². The zero-order chi connectivity index (χ0) is 25.5. The van der Waals surface area contributed by atoms with Crippen molar-refractivity contribution in [2.24, 2.45) is 5.92 Å². The normalized spacial score (nSPS) is 15.7. The average molecular weight is 519 g/mol. The number of nitrogens with one attached hydrogen (secondary N) is 2. The minimum Gasteiger partial charge on any atom is -0.504 e. The summed E-state index contributed by atoms with van der Waals surface area (Å²) in [4.78, 5) is 28.9. The van der Waals surface area contributed by atoms with Crippen molar-refractivity contribution in [3.63, 3.8) is 0 Å². The van der Waals surface area contributed by atoms with Crippen LogP contribution < -0.4 is 15.5 Å². The molecule has 1 saturated carbocycles. The number of phenols is 1. The van der Waals surface area contributed by atoms with Crippen LogP contribution in [0.1, 0.15) is 23.2 Å². The van der Waals surface area contributed by atoms with Crippen LogP contribution >= 0.6 is 11.6 Å². The van der Waals surface area contributed by atoms with Gasteiger partial charge < -0.3 is 20.6 Å². The Morgan fingerprint density at radius 2 is 1.81 bits per heavy atom. The highest BCUT2D eigenvalue weighted by molar-refractivity contribution is 6.32. The second-order valence-electron chi connectivity index (χ2n) is 9.34. The summed E-state index contributed by atoms with van der Waals surface area (Å²) in [5.41, 5.74) is 3.57. The maximum atomic E-state index is 14.2. The van der Waals surface area contributed by atoms with Crippen LogP contribution in [-0.4, -0.2) is 52.0 Å². The number of hydrogen-bond acceptors (Lipinski definition) is 8. The first-order valence-electron chi connectivity index (χ1n) is 12.2. The number of benzene rings is 2. The molecule has 2 aromatic heterocycles. The average Bonchev–Trinajstić information content (AvgIpc) is 3.78. The molecule has 188 valence electrons. The Kier molecular flexibility index (Phi) is 6.10. The lowest BCUT2D eigenvalue weighted by Crippen LogP contribution is -2.44. The van der Waals surface area contributed by atoms with Crippen LogP contribution in [0.15, 0.2) is 48.9 Å². The van der Waals surface area contributed by atoms with E-state index in [0.29, 0.717) is 44.9 Å². The van der Waals surface area contributed by atoms with Crippen molar-refractivity contribution >= 4 is 45.6 Å². The Morgan fingerprint density at radius 3 is 2.51 bits per heavy atom. The number of carbonyl (C=O) groups is 1. The lowest BCUT2D eigenvalue weighted by atomic mass is 9.99. The van der Waals surface area contributed by atoms with E-state index in [1.54, 1.807) is 24.7 Å². The molecule has 1 aliphatic carbocycles. The first-order valence-corrected chi connectivity index (χ1v) is 12.6. The third-order valence-corrected chi connectivity index (χ3v) is 7.03. The first kappa shape index (κ1) is 23.6. The third-order valence-electron chi connectivity index (χ3n) is 6.74. The zero-order valence-corrected chi connectivity index (χ0v) is 20.6. The van der Waals surface area contributed by atoms with Crippen LogP contribution in [-0.2, 0) is 0 Å². The number of phenolic OH excluding ortho intramolecular Hbond substituents is 1. The van der Waals surface area contributed by atoms with Gasteiger partial charge in [0.25, 0.3) is 0 Å². The molecule has 2 aliphatic rings. The standard InChI is InChI=1S/C27H24ClFN6O2/c28-21-10-17(11-22(29)26(21)37)16-3-4-23-19(9-16)24(20(14-31-23)25(36)15-1-2-15)34-18-12-32-27(33-13-18)35-7-5-30-6-8-35/h3-4,9-15,30,37H,1-2,5-8H2,(H,31,34). The fraction of sp³-hybridized carbons (Fsp3) is 0.259. The summed E-state index contributed by atoms with van der Waals surface area (Å²) in [7, 11) is 0. The fourth-order valence-corrected chi connectivity index (χ4v) is 4.76. The smallest absolute Gasteiger partial charge is 0.225 e. The molecule has 2 fully saturated rings. The molecule has 0 unspecified atom stereocenters. The molecule has 0 atom stereocenters. The number of piperazine rings is 1. The predicted molar refractivity (Wildman–Crippen MR) is 141 cm³/mol. The van der Waals surface area contributed by atoms with Crippen LogP contribution in [0.3, 0.4) is 0 Å². The monoisotopic (exact) mass is 518 g/mol. The summed E-state index contributed by atoms with van der Waals surface area (Å²) in [5, 5.41) is 17.0. The fourth-order valence-electron chi connectivity index (χ4n) is 4.55. The van der Waals surface area contributed by atoms with Gasteiger partial charge in [0, 0.05) is 43.7 Å². The molecular formula is C27H24ClFN6O2. The van der Waals surface area contributed by atoms with Gasteiger partial charge in [-0.2, -0.15) is 0 Å². The van der Waals surface area contributed by atoms with Crippen molar-refractivity contribution in [3.8, 4) is 16.9 Å². The molecule has 3 heterocycles. The molecular weight excluding hydrogens is 495 g/mol. The number of Topliss-reactive ketones (excluding diaryl/α,β-unsaturated/α-hetero) is 1. The van der Waals surface area contributed by atoms with Crippen molar-refractivity contribution in [1.29, 1.82) is 0 Å². The van der Waals surface area contributed by atoms with E-state index < -0.39 is 11.6 Å². The molecule has 6 rings (SSSR count). The van der Waals surface area contributed by atoms with Gasteiger partial charge in [-0.1, -0.05) is 17.7 Å². The maximum Gasteiger partial charge on any atom is 0.225 e. The van der Waals surface area contributed by atoms with Gasteiger partial charge in [-0.25, -0.2) is 14.4 Å². The summed E-state index contributed by atoms with van der Waals surface area (Å²) in [5.74, 6) is -0.691. The van der Waals surface area contributed by atoms with Crippen molar-refractivity contribution in [3.05, 3.63) is 65.3 Å². The molecule has 3 N–H and O–H groups in total. The largest absolute Gasteiger partial charge is 0.504 e. The Labute approximate surface area is 217 Å². The number of hydrogen-bond donors (Lipinski definition) is 3. The molecule has 37 heavy (non-hydrogen) atoms. The summed E-state index contributed by atoms with van der Waals surface area (Å²) in [6.45, 7) is 3.45. The van der Waals surface area contributed by atoms with E-state index in [4.69, 9.17) is 11.6 Å². The second-order valence-corrected chi connectivity index (χ2v) is 9.75. The molecule has 10 heteroatoms. The minimum atomic E-state index is -0.807. The Hall–Kier alpha value is -3.82. The Morgan fingerprint density at radius 1 is 1.05 bits per heavy atom. The first-order chi connectivity index (χ1) is 18.0. The molecule has 0 spiro atoms. The van der Waals surface area contributed by atoms with Crippen LogP contribution in [0, 0.1) is 11.7 Å². The second kappa shape index (κ2) is 9.57. The van der Waals surface area contributed by atoms with Gasteiger partial charge in [-0.15, -0.1) is 0 Å². The number of nitrogens with zero attached hydrogens (tertiary/aromatic N) is 4. The van der Waals surface area contributed by atoms with Crippen molar-refractivity contribution in [2.75, 3.05) is 36.4 Å². The highest BCUT2D eigenvalue weighted by Gasteiger charge is 2.32. The summed E-state index contributed by atoms with van der Waals surface area (Å²) >= 11 is 6.02. The van der Waals surface area contributed by atoms with Crippen LogP contribution in [0.25, 0.3) is 22.0 Å². The number of ketones is 1. The van der Waals surface area contributed by atoms with E-state index in [-0.39, 0.29) is 16.7 Å².